The molecule has 1 aliphatic heterocycles. The van der Waals surface area contributed by atoms with Crippen LogP contribution in [0.1, 0.15) is 23.7 Å². The van der Waals surface area contributed by atoms with Crippen LogP contribution in [0.3, 0.4) is 0 Å². The minimum Gasteiger partial charge on any atom is -0.370 e. The van der Waals surface area contributed by atoms with Crippen LogP contribution in [0.25, 0.3) is 0 Å². The van der Waals surface area contributed by atoms with Crippen LogP contribution in [0.4, 0.5) is 5.82 Å². The van der Waals surface area contributed by atoms with Crippen molar-refractivity contribution in [3.63, 3.8) is 0 Å². The zero-order valence-corrected chi connectivity index (χ0v) is 10.9. The first-order chi connectivity index (χ1) is 8.69. The molecule has 1 unspecified atom stereocenters. The van der Waals surface area contributed by atoms with E-state index < -0.39 is 0 Å². The van der Waals surface area contributed by atoms with Crippen molar-refractivity contribution in [2.45, 2.75) is 19.4 Å². The molecule has 5 nitrogen and oxygen atoms in total. The molecule has 2 rings (SSSR count). The smallest absolute Gasteiger partial charge is 0.251 e. The van der Waals surface area contributed by atoms with E-state index in [9.17, 15) is 4.79 Å². The third-order valence-corrected chi connectivity index (χ3v) is 3.11. The molecule has 0 bridgehead atoms. The highest BCUT2D eigenvalue weighted by molar-refractivity contribution is 5.95. The van der Waals surface area contributed by atoms with Gasteiger partial charge in [-0.25, -0.2) is 4.98 Å². The van der Waals surface area contributed by atoms with Crippen LogP contribution in [0.15, 0.2) is 18.3 Å². The summed E-state index contributed by atoms with van der Waals surface area (Å²) in [5.41, 5.74) is 0.663. The van der Waals surface area contributed by atoms with Crippen LogP contribution >= 0.6 is 0 Å². The predicted octanol–water partition coefficient (Wildman–Crippen LogP) is 0.947. The monoisotopic (exact) mass is 248 g/mol. The number of aromatic nitrogens is 1. The van der Waals surface area contributed by atoms with Crippen molar-refractivity contribution < 1.29 is 4.79 Å². The third-order valence-electron chi connectivity index (χ3n) is 3.11. The highest BCUT2D eigenvalue weighted by Gasteiger charge is 2.21. The molecular formula is C13H20N4O. The Morgan fingerprint density at radius 1 is 1.61 bits per heavy atom. The fraction of sp³-hybridized carbons (Fsp3) is 0.538. The van der Waals surface area contributed by atoms with Gasteiger partial charge in [-0.2, -0.15) is 0 Å². The number of rotatable bonds is 4. The van der Waals surface area contributed by atoms with E-state index in [2.05, 4.69) is 27.6 Å². The maximum absolute atomic E-state index is 12.1. The highest BCUT2D eigenvalue weighted by Crippen LogP contribution is 2.10. The molecule has 0 radical (unpaired) electrons. The Balaban J connectivity index is 1.97. The maximum atomic E-state index is 12.1. The second-order valence-corrected chi connectivity index (χ2v) is 4.68. The number of nitrogens with zero attached hydrogens (tertiary/aromatic N) is 2. The standard InChI is InChI=1S/C13H20N4O/c1-3-14-12-8-10(4-6-15-12)13(18)16-11-5-7-17(2)9-11/h4,6,8,11H,3,5,7,9H2,1-2H3,(H,14,15)(H,16,18). The molecule has 1 saturated heterocycles. The summed E-state index contributed by atoms with van der Waals surface area (Å²) in [6.07, 6.45) is 2.68. The number of hydrogen-bond acceptors (Lipinski definition) is 4. The lowest BCUT2D eigenvalue weighted by Gasteiger charge is -2.13. The number of likely N-dealkylation sites (N-methyl/N-ethyl adjacent to an activating group) is 1. The van der Waals surface area contributed by atoms with Crippen LogP contribution in [-0.2, 0) is 0 Å². The van der Waals surface area contributed by atoms with Gasteiger partial charge in [0.25, 0.3) is 5.91 Å². The van der Waals surface area contributed by atoms with Crippen molar-refractivity contribution in [2.75, 3.05) is 32.0 Å². The Labute approximate surface area is 108 Å². The van der Waals surface area contributed by atoms with Crippen molar-refractivity contribution in [3.8, 4) is 0 Å². The molecule has 1 amide bonds. The molecule has 2 heterocycles. The van der Waals surface area contributed by atoms with Crippen molar-refractivity contribution >= 4 is 11.7 Å². The number of carbonyl (C=O) groups is 1. The number of nitrogens with one attached hydrogen (secondary N) is 2. The Bertz CT molecular complexity index is 421. The van der Waals surface area contributed by atoms with Crippen molar-refractivity contribution in [1.29, 1.82) is 0 Å². The molecule has 1 aromatic heterocycles. The summed E-state index contributed by atoms with van der Waals surface area (Å²) in [5, 5.41) is 6.16. The van der Waals surface area contributed by atoms with Gasteiger partial charge in [0.1, 0.15) is 5.82 Å². The molecular weight excluding hydrogens is 228 g/mol. The van der Waals surface area contributed by atoms with Crippen LogP contribution in [0.2, 0.25) is 0 Å². The van der Waals surface area contributed by atoms with E-state index in [-0.39, 0.29) is 11.9 Å². The van der Waals surface area contributed by atoms with Gasteiger partial charge in [-0.3, -0.25) is 4.79 Å². The number of amides is 1. The van der Waals surface area contributed by atoms with E-state index in [1.807, 2.05) is 6.92 Å². The first kappa shape index (κ1) is 12.8. The number of likely N-dealkylation sites (tertiary alicyclic amines) is 1. The summed E-state index contributed by atoms with van der Waals surface area (Å²) in [6, 6.07) is 3.80. The Kier molecular flexibility index (Phi) is 4.15. The molecule has 18 heavy (non-hydrogen) atoms. The van der Waals surface area contributed by atoms with E-state index in [1.54, 1.807) is 18.3 Å². The summed E-state index contributed by atoms with van der Waals surface area (Å²) in [5.74, 6) is 0.727. The van der Waals surface area contributed by atoms with Crippen LogP contribution in [-0.4, -0.2) is 48.5 Å². The molecule has 1 aromatic rings. The maximum Gasteiger partial charge on any atom is 0.251 e. The minimum atomic E-state index is -0.0168. The zero-order chi connectivity index (χ0) is 13.0. The van der Waals surface area contributed by atoms with E-state index in [1.165, 1.54) is 0 Å². The lowest BCUT2D eigenvalue weighted by Crippen LogP contribution is -2.36. The fourth-order valence-electron chi connectivity index (χ4n) is 2.17. The lowest BCUT2D eigenvalue weighted by molar-refractivity contribution is 0.0938. The molecule has 0 aliphatic carbocycles. The van der Waals surface area contributed by atoms with Crippen LogP contribution in [0.5, 0.6) is 0 Å². The van der Waals surface area contributed by atoms with E-state index in [4.69, 9.17) is 0 Å². The van der Waals surface area contributed by atoms with Gasteiger partial charge in [0.05, 0.1) is 0 Å². The van der Waals surface area contributed by atoms with Gasteiger partial charge < -0.3 is 15.5 Å². The average Bonchev–Trinajstić information content (AvgIpc) is 2.75. The van der Waals surface area contributed by atoms with Crippen molar-refractivity contribution in [2.24, 2.45) is 0 Å². The number of carbonyl (C=O) groups excluding carboxylic acids is 1. The number of pyridine rings is 1. The van der Waals surface area contributed by atoms with Gasteiger partial charge in [-0.05, 0) is 39.1 Å². The first-order valence-corrected chi connectivity index (χ1v) is 6.38. The molecule has 1 fully saturated rings. The molecule has 0 saturated carbocycles. The van der Waals surface area contributed by atoms with E-state index in [0.717, 1.165) is 31.9 Å². The average molecular weight is 248 g/mol. The Morgan fingerprint density at radius 3 is 3.11 bits per heavy atom. The quantitative estimate of drug-likeness (QED) is 0.833. The topological polar surface area (TPSA) is 57.3 Å². The van der Waals surface area contributed by atoms with E-state index >= 15 is 0 Å². The number of anilines is 1. The minimum absolute atomic E-state index is 0.0168. The van der Waals surface area contributed by atoms with Crippen LogP contribution < -0.4 is 10.6 Å². The van der Waals surface area contributed by atoms with Gasteiger partial charge in [0.15, 0.2) is 0 Å². The first-order valence-electron chi connectivity index (χ1n) is 6.38. The van der Waals surface area contributed by atoms with Crippen LogP contribution in [0, 0.1) is 0 Å². The summed E-state index contributed by atoms with van der Waals surface area (Å²) >= 11 is 0. The van der Waals surface area contributed by atoms with Gasteiger partial charge >= 0.3 is 0 Å². The third kappa shape index (κ3) is 3.20. The fourth-order valence-corrected chi connectivity index (χ4v) is 2.17. The van der Waals surface area contributed by atoms with Crippen molar-refractivity contribution in [1.82, 2.24) is 15.2 Å². The summed E-state index contributed by atoms with van der Waals surface area (Å²) in [4.78, 5) is 18.5. The lowest BCUT2D eigenvalue weighted by atomic mass is 10.2. The highest BCUT2D eigenvalue weighted by atomic mass is 16.1. The van der Waals surface area contributed by atoms with Gasteiger partial charge in [0.2, 0.25) is 0 Å². The molecule has 1 aliphatic rings. The van der Waals surface area contributed by atoms with Gasteiger partial charge in [0, 0.05) is 30.9 Å². The molecule has 98 valence electrons. The largest absolute Gasteiger partial charge is 0.370 e. The van der Waals surface area contributed by atoms with Crippen molar-refractivity contribution in [3.05, 3.63) is 23.9 Å². The normalized spacial score (nSPS) is 19.8. The Hall–Kier alpha value is -1.62. The van der Waals surface area contributed by atoms with E-state index in [0.29, 0.717) is 5.56 Å². The molecule has 2 N–H and O–H groups in total. The zero-order valence-electron chi connectivity index (χ0n) is 10.9. The second-order valence-electron chi connectivity index (χ2n) is 4.68. The molecule has 5 heteroatoms. The molecule has 0 spiro atoms. The molecule has 1 atom stereocenters. The number of hydrogen-bond donors (Lipinski definition) is 2. The summed E-state index contributed by atoms with van der Waals surface area (Å²) < 4.78 is 0. The SMILES string of the molecule is CCNc1cc(C(=O)NC2CCN(C)C2)ccn1. The second kappa shape index (κ2) is 5.82. The summed E-state index contributed by atoms with van der Waals surface area (Å²) in [7, 11) is 2.07. The van der Waals surface area contributed by atoms with Gasteiger partial charge in [-0.1, -0.05) is 0 Å². The summed E-state index contributed by atoms with van der Waals surface area (Å²) in [6.45, 7) is 4.77. The molecule has 0 aromatic carbocycles. The predicted molar refractivity (Wildman–Crippen MR) is 71.8 cm³/mol. The Morgan fingerprint density at radius 2 is 2.44 bits per heavy atom. The van der Waals surface area contributed by atoms with Gasteiger partial charge in [-0.15, -0.1) is 0 Å².